The predicted molar refractivity (Wildman–Crippen MR) is 93.9 cm³/mol. The summed E-state index contributed by atoms with van der Waals surface area (Å²) in [5.74, 6) is 0.627. The third-order valence-corrected chi connectivity index (χ3v) is 3.71. The monoisotopic (exact) mass is 311 g/mol. The average Bonchev–Trinajstić information content (AvgIpc) is 2.61. The van der Waals surface area contributed by atoms with Crippen LogP contribution in [0.25, 0.3) is 0 Å². The lowest BCUT2D eigenvalue weighted by atomic mass is 10.0. The van der Waals surface area contributed by atoms with Crippen molar-refractivity contribution in [2.24, 2.45) is 0 Å². The van der Waals surface area contributed by atoms with E-state index in [9.17, 15) is 4.79 Å². The maximum absolute atomic E-state index is 12.7. The molecule has 2 aromatic rings. The first-order chi connectivity index (χ1) is 11.3. The Morgan fingerprint density at radius 2 is 1.74 bits per heavy atom. The first-order valence-electron chi connectivity index (χ1n) is 8.35. The number of ether oxygens (including phenoxy) is 1. The van der Waals surface area contributed by atoms with E-state index in [2.05, 4.69) is 19.2 Å². The Kier molecular flexibility index (Phi) is 6.82. The van der Waals surface area contributed by atoms with Crippen LogP contribution in [0.1, 0.15) is 49.0 Å². The highest BCUT2D eigenvalue weighted by atomic mass is 16.5. The van der Waals surface area contributed by atoms with Crippen molar-refractivity contribution in [2.45, 2.75) is 39.3 Å². The topological polar surface area (TPSA) is 38.3 Å². The van der Waals surface area contributed by atoms with Gasteiger partial charge in [0.15, 0.2) is 5.78 Å². The molecule has 2 aromatic carbocycles. The molecule has 0 radical (unpaired) electrons. The second kappa shape index (κ2) is 9.11. The summed E-state index contributed by atoms with van der Waals surface area (Å²) in [6.07, 6.45) is 3.03. The number of hydrogen-bond acceptors (Lipinski definition) is 3. The van der Waals surface area contributed by atoms with Gasteiger partial charge >= 0.3 is 0 Å². The molecule has 0 aromatic heterocycles. The summed E-state index contributed by atoms with van der Waals surface area (Å²) in [5, 5.41) is 3.39. The van der Waals surface area contributed by atoms with Gasteiger partial charge in [0.1, 0.15) is 12.0 Å². The molecule has 0 aliphatic heterocycles. The molecule has 23 heavy (non-hydrogen) atoms. The molecular formula is C20H25NO2. The van der Waals surface area contributed by atoms with Crippen LogP contribution in [0, 0.1) is 0 Å². The lowest BCUT2D eigenvalue weighted by molar-refractivity contribution is 0.102. The number of carbonyl (C=O) groups is 1. The van der Waals surface area contributed by atoms with Crippen LogP contribution in [-0.4, -0.2) is 18.6 Å². The van der Waals surface area contributed by atoms with Gasteiger partial charge in [0.2, 0.25) is 0 Å². The Morgan fingerprint density at radius 1 is 1.04 bits per heavy atom. The fraction of sp³-hybridized carbons (Fsp3) is 0.350. The van der Waals surface area contributed by atoms with E-state index in [1.54, 1.807) is 0 Å². The van der Waals surface area contributed by atoms with Crippen LogP contribution in [0.15, 0.2) is 54.6 Å². The number of unbranched alkanes of at least 4 members (excludes halogenated alkanes) is 1. The Morgan fingerprint density at radius 3 is 2.43 bits per heavy atom. The molecule has 1 unspecified atom stereocenters. The smallest absolute Gasteiger partial charge is 0.196 e. The van der Waals surface area contributed by atoms with E-state index in [0.29, 0.717) is 16.9 Å². The molecule has 122 valence electrons. The standard InChI is InChI=1S/C20H25NO2/c1-3-5-15-21-19(4-2)23-18-14-10-9-13-17(18)20(22)16-11-7-6-8-12-16/h6-14,19,21H,3-5,15H2,1-2H3. The summed E-state index contributed by atoms with van der Waals surface area (Å²) >= 11 is 0. The van der Waals surface area contributed by atoms with Crippen molar-refractivity contribution in [3.63, 3.8) is 0 Å². The lowest BCUT2D eigenvalue weighted by Gasteiger charge is -2.20. The van der Waals surface area contributed by atoms with Crippen LogP contribution in [0.3, 0.4) is 0 Å². The van der Waals surface area contributed by atoms with Gasteiger partial charge in [0.25, 0.3) is 0 Å². The van der Waals surface area contributed by atoms with Gasteiger partial charge in [0, 0.05) is 5.56 Å². The fourth-order valence-corrected chi connectivity index (χ4v) is 2.36. The molecule has 0 fully saturated rings. The zero-order valence-electron chi connectivity index (χ0n) is 13.9. The number of carbonyl (C=O) groups excluding carboxylic acids is 1. The Balaban J connectivity index is 2.15. The van der Waals surface area contributed by atoms with Crippen molar-refractivity contribution in [1.29, 1.82) is 0 Å². The lowest BCUT2D eigenvalue weighted by Crippen LogP contribution is -2.34. The van der Waals surface area contributed by atoms with Gasteiger partial charge in [-0.2, -0.15) is 0 Å². The van der Waals surface area contributed by atoms with Crippen LogP contribution in [-0.2, 0) is 0 Å². The molecule has 0 saturated heterocycles. The van der Waals surface area contributed by atoms with Crippen molar-refractivity contribution in [3.05, 3.63) is 65.7 Å². The normalized spacial score (nSPS) is 11.9. The second-order valence-corrected chi connectivity index (χ2v) is 5.51. The molecule has 1 N–H and O–H groups in total. The number of hydrogen-bond donors (Lipinski definition) is 1. The molecule has 0 spiro atoms. The van der Waals surface area contributed by atoms with Crippen molar-refractivity contribution in [1.82, 2.24) is 5.32 Å². The van der Waals surface area contributed by atoms with Gasteiger partial charge in [-0.15, -0.1) is 0 Å². The SMILES string of the molecule is CCCCNC(CC)Oc1ccccc1C(=O)c1ccccc1. The quantitative estimate of drug-likeness (QED) is 0.423. The minimum Gasteiger partial charge on any atom is -0.475 e. The van der Waals surface area contributed by atoms with Gasteiger partial charge < -0.3 is 4.74 Å². The minimum atomic E-state index is -0.0775. The first-order valence-corrected chi connectivity index (χ1v) is 8.35. The summed E-state index contributed by atoms with van der Waals surface area (Å²) in [5.41, 5.74) is 1.28. The zero-order valence-corrected chi connectivity index (χ0v) is 13.9. The van der Waals surface area contributed by atoms with Crippen LogP contribution in [0.2, 0.25) is 0 Å². The van der Waals surface area contributed by atoms with Crippen LogP contribution < -0.4 is 10.1 Å². The third kappa shape index (κ3) is 4.93. The maximum atomic E-state index is 12.7. The average molecular weight is 311 g/mol. The molecule has 0 amide bonds. The van der Waals surface area contributed by atoms with E-state index < -0.39 is 0 Å². The predicted octanol–water partition coefficient (Wildman–Crippen LogP) is 4.42. The van der Waals surface area contributed by atoms with Crippen molar-refractivity contribution in [2.75, 3.05) is 6.54 Å². The van der Waals surface area contributed by atoms with Gasteiger partial charge in [-0.25, -0.2) is 0 Å². The van der Waals surface area contributed by atoms with Gasteiger partial charge in [-0.3, -0.25) is 10.1 Å². The first kappa shape index (κ1) is 17.2. The minimum absolute atomic E-state index is 0.00962. The van der Waals surface area contributed by atoms with E-state index in [0.717, 1.165) is 25.8 Å². The van der Waals surface area contributed by atoms with E-state index in [1.165, 1.54) is 0 Å². The summed E-state index contributed by atoms with van der Waals surface area (Å²) in [6, 6.07) is 16.8. The van der Waals surface area contributed by atoms with E-state index >= 15 is 0 Å². The van der Waals surface area contributed by atoms with Gasteiger partial charge in [-0.05, 0) is 31.5 Å². The van der Waals surface area contributed by atoms with E-state index in [4.69, 9.17) is 4.74 Å². The largest absolute Gasteiger partial charge is 0.475 e. The Bertz CT molecular complexity index is 610. The van der Waals surface area contributed by atoms with Crippen LogP contribution >= 0.6 is 0 Å². The summed E-state index contributed by atoms with van der Waals surface area (Å²) in [4.78, 5) is 12.7. The Labute approximate surface area is 138 Å². The number of rotatable bonds is 9. The maximum Gasteiger partial charge on any atom is 0.196 e. The number of ketones is 1. The van der Waals surface area contributed by atoms with Crippen LogP contribution in [0.4, 0.5) is 0 Å². The molecule has 0 bridgehead atoms. The third-order valence-electron chi connectivity index (χ3n) is 3.71. The fourth-order valence-electron chi connectivity index (χ4n) is 2.36. The summed E-state index contributed by atoms with van der Waals surface area (Å²) in [7, 11) is 0. The highest BCUT2D eigenvalue weighted by Crippen LogP contribution is 2.22. The summed E-state index contributed by atoms with van der Waals surface area (Å²) < 4.78 is 6.05. The Hall–Kier alpha value is -2.13. The molecule has 2 rings (SSSR count). The van der Waals surface area contributed by atoms with Crippen molar-refractivity contribution < 1.29 is 9.53 Å². The number of para-hydroxylation sites is 1. The number of nitrogens with one attached hydrogen (secondary N) is 1. The van der Waals surface area contributed by atoms with Crippen molar-refractivity contribution in [3.8, 4) is 5.75 Å². The van der Waals surface area contributed by atoms with Gasteiger partial charge in [0.05, 0.1) is 5.56 Å². The van der Waals surface area contributed by atoms with Gasteiger partial charge in [-0.1, -0.05) is 62.7 Å². The molecule has 0 heterocycles. The molecule has 0 saturated carbocycles. The molecule has 3 nitrogen and oxygen atoms in total. The highest BCUT2D eigenvalue weighted by molar-refractivity contribution is 6.10. The molecule has 0 aliphatic rings. The molecule has 3 heteroatoms. The second-order valence-electron chi connectivity index (χ2n) is 5.51. The van der Waals surface area contributed by atoms with Crippen LogP contribution in [0.5, 0.6) is 5.75 Å². The van der Waals surface area contributed by atoms with Crippen molar-refractivity contribution >= 4 is 5.78 Å². The van der Waals surface area contributed by atoms with E-state index in [1.807, 2.05) is 54.6 Å². The van der Waals surface area contributed by atoms with E-state index in [-0.39, 0.29) is 12.0 Å². The highest BCUT2D eigenvalue weighted by Gasteiger charge is 2.16. The number of benzene rings is 2. The summed E-state index contributed by atoms with van der Waals surface area (Å²) in [6.45, 7) is 5.16. The zero-order chi connectivity index (χ0) is 16.5. The molecule has 1 atom stereocenters. The molecule has 0 aliphatic carbocycles. The molecular weight excluding hydrogens is 286 g/mol.